The topological polar surface area (TPSA) is 35.0 Å². The molecule has 0 N–H and O–H groups in total. The molecule has 0 spiro atoms. The maximum absolute atomic E-state index is 5.69. The number of para-hydroxylation sites is 1. The molecular formula is C11H11ClN2OS. The van der Waals surface area contributed by atoms with Gasteiger partial charge < -0.3 is 4.74 Å². The molecule has 3 nitrogen and oxygen atoms in total. The van der Waals surface area contributed by atoms with Crippen molar-refractivity contribution in [2.45, 2.75) is 12.3 Å². The summed E-state index contributed by atoms with van der Waals surface area (Å²) in [6.45, 7) is 0. The van der Waals surface area contributed by atoms with Gasteiger partial charge >= 0.3 is 0 Å². The zero-order valence-electron chi connectivity index (χ0n) is 8.81. The molecule has 0 aliphatic rings. The van der Waals surface area contributed by atoms with Crippen molar-refractivity contribution >= 4 is 22.9 Å². The van der Waals surface area contributed by atoms with Crippen molar-refractivity contribution in [2.75, 3.05) is 7.11 Å². The molecule has 84 valence electrons. The normalized spacial score (nSPS) is 10.4. The lowest BCUT2D eigenvalue weighted by Crippen LogP contribution is -1.92. The SMILES string of the molecule is COc1ccccc1Cc1nnc(CCl)s1. The first kappa shape index (κ1) is 11.4. The Morgan fingerprint density at radius 3 is 2.69 bits per heavy atom. The third-order valence-corrected chi connectivity index (χ3v) is 3.49. The predicted octanol–water partition coefficient (Wildman–Crippen LogP) is 2.88. The van der Waals surface area contributed by atoms with Crippen molar-refractivity contribution in [1.82, 2.24) is 10.2 Å². The molecule has 0 bridgehead atoms. The molecule has 2 aromatic rings. The van der Waals surface area contributed by atoms with Gasteiger partial charge in [-0.2, -0.15) is 0 Å². The zero-order chi connectivity index (χ0) is 11.4. The maximum atomic E-state index is 5.69. The van der Waals surface area contributed by atoms with Crippen molar-refractivity contribution in [3.05, 3.63) is 39.8 Å². The predicted molar refractivity (Wildman–Crippen MR) is 65.3 cm³/mol. The lowest BCUT2D eigenvalue weighted by atomic mass is 10.1. The molecular weight excluding hydrogens is 244 g/mol. The van der Waals surface area contributed by atoms with Gasteiger partial charge in [0.2, 0.25) is 0 Å². The van der Waals surface area contributed by atoms with E-state index < -0.39 is 0 Å². The van der Waals surface area contributed by atoms with Crippen LogP contribution in [0.3, 0.4) is 0 Å². The van der Waals surface area contributed by atoms with Crippen LogP contribution in [0.5, 0.6) is 5.75 Å². The molecule has 0 unspecified atom stereocenters. The van der Waals surface area contributed by atoms with Crippen LogP contribution in [0, 0.1) is 0 Å². The Labute approximate surface area is 103 Å². The molecule has 0 radical (unpaired) electrons. The highest BCUT2D eigenvalue weighted by molar-refractivity contribution is 7.11. The molecule has 0 aliphatic heterocycles. The van der Waals surface area contributed by atoms with Gasteiger partial charge in [-0.05, 0) is 6.07 Å². The number of hydrogen-bond acceptors (Lipinski definition) is 4. The van der Waals surface area contributed by atoms with E-state index in [-0.39, 0.29) is 0 Å². The molecule has 5 heteroatoms. The van der Waals surface area contributed by atoms with Crippen LogP contribution >= 0.6 is 22.9 Å². The molecule has 0 saturated heterocycles. The van der Waals surface area contributed by atoms with Crippen molar-refractivity contribution < 1.29 is 4.74 Å². The summed E-state index contributed by atoms with van der Waals surface area (Å²) in [5, 5.41) is 9.88. The number of halogens is 1. The van der Waals surface area contributed by atoms with Gasteiger partial charge in [-0.15, -0.1) is 21.8 Å². The number of aromatic nitrogens is 2. The van der Waals surface area contributed by atoms with Crippen LogP contribution in [0.15, 0.2) is 24.3 Å². The fourth-order valence-electron chi connectivity index (χ4n) is 1.43. The summed E-state index contributed by atoms with van der Waals surface area (Å²) in [4.78, 5) is 0. The largest absolute Gasteiger partial charge is 0.496 e. The fourth-order valence-corrected chi connectivity index (χ4v) is 2.36. The number of benzene rings is 1. The van der Waals surface area contributed by atoms with Crippen molar-refractivity contribution in [3.8, 4) is 5.75 Å². The monoisotopic (exact) mass is 254 g/mol. The van der Waals surface area contributed by atoms with Gasteiger partial charge in [0.05, 0.1) is 13.0 Å². The van der Waals surface area contributed by atoms with E-state index in [0.717, 1.165) is 27.7 Å². The highest BCUT2D eigenvalue weighted by atomic mass is 35.5. The third-order valence-electron chi connectivity index (χ3n) is 2.16. The van der Waals surface area contributed by atoms with Gasteiger partial charge in [-0.3, -0.25) is 0 Å². The summed E-state index contributed by atoms with van der Waals surface area (Å²) in [6.07, 6.45) is 0.735. The molecule has 0 amide bonds. The Balaban J connectivity index is 2.19. The van der Waals surface area contributed by atoms with E-state index in [4.69, 9.17) is 16.3 Å². The van der Waals surface area contributed by atoms with Gasteiger partial charge in [0.15, 0.2) is 0 Å². The van der Waals surface area contributed by atoms with Crippen LogP contribution in [0.25, 0.3) is 0 Å². The van der Waals surface area contributed by atoms with Gasteiger partial charge in [-0.25, -0.2) is 0 Å². The minimum absolute atomic E-state index is 0.420. The fraction of sp³-hybridized carbons (Fsp3) is 0.273. The summed E-state index contributed by atoms with van der Waals surface area (Å²) in [5.74, 6) is 1.30. The molecule has 0 saturated carbocycles. The van der Waals surface area contributed by atoms with E-state index in [0.29, 0.717) is 5.88 Å². The summed E-state index contributed by atoms with van der Waals surface area (Å²) in [7, 11) is 1.67. The van der Waals surface area contributed by atoms with Crippen molar-refractivity contribution in [3.63, 3.8) is 0 Å². The van der Waals surface area contributed by atoms with Crippen LogP contribution in [0.4, 0.5) is 0 Å². The second kappa shape index (κ2) is 5.27. The summed E-state index contributed by atoms with van der Waals surface area (Å²) < 4.78 is 5.28. The highest BCUT2D eigenvalue weighted by Crippen LogP contribution is 2.22. The van der Waals surface area contributed by atoms with E-state index in [1.165, 1.54) is 11.3 Å². The first-order valence-corrected chi connectivity index (χ1v) is 6.17. The quantitative estimate of drug-likeness (QED) is 0.787. The smallest absolute Gasteiger partial charge is 0.132 e. The molecule has 16 heavy (non-hydrogen) atoms. The van der Waals surface area contributed by atoms with Gasteiger partial charge in [0.1, 0.15) is 15.8 Å². The Bertz CT molecular complexity index is 473. The Morgan fingerprint density at radius 1 is 1.25 bits per heavy atom. The minimum Gasteiger partial charge on any atom is -0.496 e. The lowest BCUT2D eigenvalue weighted by Gasteiger charge is -2.05. The standard InChI is InChI=1S/C11H11ClN2OS/c1-15-9-5-3-2-4-8(9)6-10-13-14-11(7-12)16-10/h2-5H,6-7H2,1H3. The molecule has 0 fully saturated rings. The van der Waals surface area contributed by atoms with Crippen LogP contribution in [-0.2, 0) is 12.3 Å². The summed E-state index contributed by atoms with van der Waals surface area (Å²) >= 11 is 7.22. The molecule has 2 rings (SSSR count). The number of rotatable bonds is 4. The first-order valence-electron chi connectivity index (χ1n) is 4.82. The second-order valence-electron chi connectivity index (χ2n) is 3.21. The first-order chi connectivity index (χ1) is 7.83. The van der Waals surface area contributed by atoms with Crippen LogP contribution in [0.2, 0.25) is 0 Å². The number of methoxy groups -OCH3 is 1. The highest BCUT2D eigenvalue weighted by Gasteiger charge is 2.07. The molecule has 0 aliphatic carbocycles. The number of hydrogen-bond donors (Lipinski definition) is 0. The van der Waals surface area contributed by atoms with E-state index in [1.54, 1.807) is 7.11 Å². The van der Waals surface area contributed by atoms with Crippen LogP contribution in [0.1, 0.15) is 15.6 Å². The summed E-state index contributed by atoms with van der Waals surface area (Å²) in [6, 6.07) is 7.91. The van der Waals surface area contributed by atoms with E-state index in [2.05, 4.69) is 10.2 Å². The van der Waals surface area contributed by atoms with Crippen molar-refractivity contribution in [1.29, 1.82) is 0 Å². The van der Waals surface area contributed by atoms with E-state index in [1.807, 2.05) is 24.3 Å². The van der Waals surface area contributed by atoms with Crippen LogP contribution in [-0.4, -0.2) is 17.3 Å². The minimum atomic E-state index is 0.420. The average molecular weight is 255 g/mol. The summed E-state index contributed by atoms with van der Waals surface area (Å²) in [5.41, 5.74) is 1.11. The number of alkyl halides is 1. The Kier molecular flexibility index (Phi) is 3.74. The zero-order valence-corrected chi connectivity index (χ0v) is 10.4. The lowest BCUT2D eigenvalue weighted by molar-refractivity contribution is 0.410. The Hall–Kier alpha value is -1.13. The Morgan fingerprint density at radius 2 is 2.00 bits per heavy atom. The molecule has 1 heterocycles. The van der Waals surface area contributed by atoms with Crippen LogP contribution < -0.4 is 4.74 Å². The van der Waals surface area contributed by atoms with E-state index in [9.17, 15) is 0 Å². The number of ether oxygens (including phenoxy) is 1. The maximum Gasteiger partial charge on any atom is 0.132 e. The molecule has 1 aromatic heterocycles. The van der Waals surface area contributed by atoms with Gasteiger partial charge in [0, 0.05) is 12.0 Å². The third kappa shape index (κ3) is 2.51. The van der Waals surface area contributed by atoms with Gasteiger partial charge in [0.25, 0.3) is 0 Å². The average Bonchev–Trinajstić information content (AvgIpc) is 2.77. The number of nitrogens with zero attached hydrogens (tertiary/aromatic N) is 2. The van der Waals surface area contributed by atoms with E-state index >= 15 is 0 Å². The molecule has 1 aromatic carbocycles. The van der Waals surface area contributed by atoms with Gasteiger partial charge in [-0.1, -0.05) is 29.5 Å². The molecule has 0 atom stereocenters. The second-order valence-corrected chi connectivity index (χ2v) is 4.63. The van der Waals surface area contributed by atoms with Crippen molar-refractivity contribution in [2.24, 2.45) is 0 Å².